The minimum absolute atomic E-state index is 0.100. The van der Waals surface area contributed by atoms with E-state index in [0.717, 1.165) is 25.4 Å². The highest BCUT2D eigenvalue weighted by atomic mass is 16.5. The van der Waals surface area contributed by atoms with Crippen molar-refractivity contribution < 1.29 is 23.8 Å². The molecule has 4 heterocycles. The molecule has 3 aliphatic heterocycles. The molecule has 0 saturated carbocycles. The van der Waals surface area contributed by atoms with Crippen molar-refractivity contribution in [3.05, 3.63) is 36.3 Å². The summed E-state index contributed by atoms with van der Waals surface area (Å²) in [7, 11) is 0. The third-order valence-corrected chi connectivity index (χ3v) is 5.11. The normalized spacial score (nSPS) is 32.4. The highest BCUT2D eigenvalue weighted by molar-refractivity contribution is 5.87. The Morgan fingerprint density at radius 1 is 1.12 bits per heavy atom. The van der Waals surface area contributed by atoms with E-state index in [4.69, 9.17) is 9.15 Å². The van der Waals surface area contributed by atoms with Crippen LogP contribution in [0, 0.1) is 11.8 Å². The maximum absolute atomic E-state index is 12.8. The maximum atomic E-state index is 12.8. The number of carbonyl (C=O) groups is 2. The first-order valence-corrected chi connectivity index (χ1v) is 8.23. The Kier molecular flexibility index (Phi) is 3.90. The second-order valence-corrected chi connectivity index (χ2v) is 6.52. The van der Waals surface area contributed by atoms with Crippen molar-refractivity contribution in [2.45, 2.75) is 18.8 Å². The molecule has 2 saturated heterocycles. The van der Waals surface area contributed by atoms with Crippen molar-refractivity contribution in [3.63, 3.8) is 0 Å². The zero-order valence-electron chi connectivity index (χ0n) is 13.2. The first kappa shape index (κ1) is 15.4. The largest absolute Gasteiger partial charge is 0.481 e. The summed E-state index contributed by atoms with van der Waals surface area (Å²) in [6.45, 7) is 3.43. The molecule has 1 aromatic heterocycles. The average molecular weight is 332 g/mol. The molecule has 1 N–H and O–H groups in total. The predicted octanol–water partition coefficient (Wildman–Crippen LogP) is 0.578. The Morgan fingerprint density at radius 2 is 1.83 bits per heavy atom. The van der Waals surface area contributed by atoms with Gasteiger partial charge in [-0.2, -0.15) is 0 Å². The number of furan rings is 1. The number of nitrogens with zero attached hydrogens (tertiary/aromatic N) is 2. The Labute approximate surface area is 139 Å². The molecule has 7 nitrogen and oxygen atoms in total. The zero-order valence-corrected chi connectivity index (χ0v) is 13.2. The van der Waals surface area contributed by atoms with Gasteiger partial charge in [-0.15, -0.1) is 0 Å². The smallest absolute Gasteiger partial charge is 0.310 e. The van der Waals surface area contributed by atoms with E-state index < -0.39 is 30.0 Å². The lowest BCUT2D eigenvalue weighted by molar-refractivity contribution is -0.150. The summed E-state index contributed by atoms with van der Waals surface area (Å²) >= 11 is 0. The van der Waals surface area contributed by atoms with Crippen LogP contribution in [0.15, 0.2) is 35.0 Å². The standard InChI is InChI=1S/C17H20N2O5/c20-16(14-12-3-4-13(24-12)15(14)17(21)22)19-7-5-18(6-8-19)10-11-2-1-9-23-11/h1-4,9,12-15H,5-8,10H2,(H,21,22)/t12-,13+,14+,15-/m1/s1. The van der Waals surface area contributed by atoms with Gasteiger partial charge in [0.2, 0.25) is 5.91 Å². The molecule has 4 atom stereocenters. The number of carboxylic acids is 1. The van der Waals surface area contributed by atoms with Crippen LogP contribution in [0.5, 0.6) is 0 Å². The van der Waals surface area contributed by atoms with E-state index in [9.17, 15) is 14.7 Å². The molecule has 0 aliphatic carbocycles. The number of carbonyl (C=O) groups excluding carboxylic acids is 1. The van der Waals surface area contributed by atoms with E-state index >= 15 is 0 Å². The molecule has 2 fully saturated rings. The van der Waals surface area contributed by atoms with Gasteiger partial charge in [-0.3, -0.25) is 14.5 Å². The molecule has 128 valence electrons. The number of amides is 1. The van der Waals surface area contributed by atoms with Gasteiger partial charge in [0, 0.05) is 26.2 Å². The van der Waals surface area contributed by atoms with Crippen LogP contribution in [0.1, 0.15) is 5.76 Å². The fraction of sp³-hybridized carbons (Fsp3) is 0.529. The Bertz CT molecular complexity index is 648. The number of hydrogen-bond donors (Lipinski definition) is 1. The summed E-state index contributed by atoms with van der Waals surface area (Å²) in [5.74, 6) is -1.52. The fourth-order valence-corrected chi connectivity index (χ4v) is 3.86. The lowest BCUT2D eigenvalue weighted by Crippen LogP contribution is -2.52. The molecule has 4 rings (SSSR count). The Hall–Kier alpha value is -2.12. The average Bonchev–Trinajstić information content (AvgIpc) is 3.31. The van der Waals surface area contributed by atoms with Crippen molar-refractivity contribution in [3.8, 4) is 0 Å². The molecule has 0 radical (unpaired) electrons. The third-order valence-electron chi connectivity index (χ3n) is 5.11. The molecule has 7 heteroatoms. The second-order valence-electron chi connectivity index (χ2n) is 6.52. The number of fused-ring (bicyclic) bond motifs is 2. The predicted molar refractivity (Wildman–Crippen MR) is 83.0 cm³/mol. The topological polar surface area (TPSA) is 83.2 Å². The first-order chi connectivity index (χ1) is 11.6. The first-order valence-electron chi connectivity index (χ1n) is 8.23. The molecule has 24 heavy (non-hydrogen) atoms. The summed E-state index contributed by atoms with van der Waals surface area (Å²) in [6.07, 6.45) is 4.37. The van der Waals surface area contributed by atoms with Gasteiger partial charge in [0.05, 0.1) is 30.9 Å². The number of aliphatic carboxylic acids is 1. The SMILES string of the molecule is O=C(O)[C@H]1[C@@H](C(=O)N2CCN(Cc3ccco3)CC2)[C@H]2C=C[C@@H]1O2. The molecular formula is C17H20N2O5. The molecule has 1 amide bonds. The second kappa shape index (κ2) is 6.07. The maximum Gasteiger partial charge on any atom is 0.310 e. The minimum Gasteiger partial charge on any atom is -0.481 e. The highest BCUT2D eigenvalue weighted by Crippen LogP contribution is 2.40. The van der Waals surface area contributed by atoms with E-state index in [1.165, 1.54) is 0 Å². The van der Waals surface area contributed by atoms with E-state index in [-0.39, 0.29) is 5.91 Å². The van der Waals surface area contributed by atoms with Crippen molar-refractivity contribution >= 4 is 11.9 Å². The summed E-state index contributed by atoms with van der Waals surface area (Å²) in [6, 6.07) is 3.80. The lowest BCUT2D eigenvalue weighted by atomic mass is 9.82. The highest BCUT2D eigenvalue weighted by Gasteiger charge is 2.54. The van der Waals surface area contributed by atoms with Crippen LogP contribution in [0.2, 0.25) is 0 Å². The third kappa shape index (κ3) is 2.63. The molecule has 2 bridgehead atoms. The van der Waals surface area contributed by atoms with Gasteiger partial charge in [0.1, 0.15) is 11.7 Å². The van der Waals surface area contributed by atoms with E-state index in [1.54, 1.807) is 17.2 Å². The number of hydrogen-bond acceptors (Lipinski definition) is 5. The summed E-state index contributed by atoms with van der Waals surface area (Å²) < 4.78 is 11.0. The van der Waals surface area contributed by atoms with Crippen LogP contribution in [0.4, 0.5) is 0 Å². The number of piperazine rings is 1. The molecule has 1 aromatic rings. The van der Waals surface area contributed by atoms with Crippen LogP contribution in [0.25, 0.3) is 0 Å². The van der Waals surface area contributed by atoms with Gasteiger partial charge in [0.25, 0.3) is 0 Å². The fourth-order valence-electron chi connectivity index (χ4n) is 3.86. The van der Waals surface area contributed by atoms with Crippen LogP contribution >= 0.6 is 0 Å². The van der Waals surface area contributed by atoms with E-state index in [2.05, 4.69) is 4.90 Å². The quantitative estimate of drug-likeness (QED) is 0.812. The van der Waals surface area contributed by atoms with E-state index in [1.807, 2.05) is 18.2 Å². The van der Waals surface area contributed by atoms with Crippen molar-refractivity contribution in [2.24, 2.45) is 11.8 Å². The van der Waals surface area contributed by atoms with Gasteiger partial charge in [-0.05, 0) is 12.1 Å². The monoisotopic (exact) mass is 332 g/mol. The van der Waals surface area contributed by atoms with Gasteiger partial charge in [0.15, 0.2) is 0 Å². The molecular weight excluding hydrogens is 312 g/mol. The number of ether oxygens (including phenoxy) is 1. The zero-order chi connectivity index (χ0) is 16.7. The van der Waals surface area contributed by atoms with Crippen LogP contribution in [-0.2, 0) is 20.9 Å². The minimum atomic E-state index is -0.957. The van der Waals surface area contributed by atoms with Crippen LogP contribution < -0.4 is 0 Å². The van der Waals surface area contributed by atoms with Crippen LogP contribution in [0.3, 0.4) is 0 Å². The van der Waals surface area contributed by atoms with Gasteiger partial charge < -0.3 is 19.2 Å². The Balaban J connectivity index is 1.38. The van der Waals surface area contributed by atoms with Gasteiger partial charge >= 0.3 is 5.97 Å². The molecule has 0 aromatic carbocycles. The lowest BCUT2D eigenvalue weighted by Gasteiger charge is -2.36. The van der Waals surface area contributed by atoms with Crippen molar-refractivity contribution in [2.75, 3.05) is 26.2 Å². The van der Waals surface area contributed by atoms with Crippen molar-refractivity contribution in [1.29, 1.82) is 0 Å². The van der Waals surface area contributed by atoms with E-state index in [0.29, 0.717) is 13.1 Å². The van der Waals surface area contributed by atoms with Crippen molar-refractivity contribution in [1.82, 2.24) is 9.80 Å². The summed E-state index contributed by atoms with van der Waals surface area (Å²) in [4.78, 5) is 28.4. The van der Waals surface area contributed by atoms with Crippen LogP contribution in [-0.4, -0.2) is 65.2 Å². The van der Waals surface area contributed by atoms with Gasteiger partial charge in [-0.1, -0.05) is 12.2 Å². The van der Waals surface area contributed by atoms with Gasteiger partial charge in [-0.25, -0.2) is 0 Å². The number of rotatable bonds is 4. The summed E-state index contributed by atoms with van der Waals surface area (Å²) in [5, 5.41) is 9.44. The Morgan fingerprint density at radius 3 is 2.46 bits per heavy atom. The number of carboxylic acid groups (broad SMARTS) is 1. The summed E-state index contributed by atoms with van der Waals surface area (Å²) in [5.41, 5.74) is 0. The molecule has 0 unspecified atom stereocenters. The molecule has 0 spiro atoms. The molecule has 3 aliphatic rings.